The van der Waals surface area contributed by atoms with Crippen molar-refractivity contribution < 1.29 is 17.9 Å². The summed E-state index contributed by atoms with van der Waals surface area (Å²) in [6, 6.07) is 10.2. The van der Waals surface area contributed by atoms with Crippen molar-refractivity contribution in [2.45, 2.75) is 44.4 Å². The fraction of sp³-hybridized carbons (Fsp3) is 0.650. The van der Waals surface area contributed by atoms with E-state index in [1.54, 1.807) is 0 Å². The molecule has 0 aromatic heterocycles. The second kappa shape index (κ2) is 9.82. The molecule has 7 nitrogen and oxygen atoms in total. The van der Waals surface area contributed by atoms with Crippen molar-refractivity contribution in [3.8, 4) is 0 Å². The van der Waals surface area contributed by atoms with Crippen molar-refractivity contribution in [2.24, 2.45) is 0 Å². The highest BCUT2D eigenvalue weighted by Crippen LogP contribution is 2.20. The molecule has 28 heavy (non-hydrogen) atoms. The Morgan fingerprint density at radius 3 is 2.75 bits per heavy atom. The number of ether oxygens (including phenoxy) is 1. The Bertz CT molecular complexity index is 741. The molecule has 2 unspecified atom stereocenters. The Balaban J connectivity index is 1.53. The van der Waals surface area contributed by atoms with Crippen molar-refractivity contribution >= 4 is 15.9 Å². The van der Waals surface area contributed by atoms with Gasteiger partial charge < -0.3 is 9.64 Å². The van der Waals surface area contributed by atoms with Crippen molar-refractivity contribution in [1.29, 1.82) is 0 Å². The van der Waals surface area contributed by atoms with Crippen LogP contribution in [0.2, 0.25) is 0 Å². The zero-order valence-electron chi connectivity index (χ0n) is 16.5. The van der Waals surface area contributed by atoms with Gasteiger partial charge in [0.15, 0.2) is 0 Å². The minimum absolute atomic E-state index is 0.0616. The molecule has 3 rings (SSSR count). The first-order chi connectivity index (χ1) is 13.4. The minimum atomic E-state index is -3.26. The summed E-state index contributed by atoms with van der Waals surface area (Å²) in [7, 11) is -3.26. The van der Waals surface area contributed by atoms with Crippen LogP contribution in [0.5, 0.6) is 0 Å². The Kier molecular flexibility index (Phi) is 7.45. The van der Waals surface area contributed by atoms with Crippen LogP contribution in [-0.4, -0.2) is 75.3 Å². The SMILES string of the molecule is CS(=O)(=O)NCC1CCCCN1C(=O)CC1CN(Cc2ccccc2)CCO1. The smallest absolute Gasteiger partial charge is 0.225 e. The molecule has 2 saturated heterocycles. The minimum Gasteiger partial charge on any atom is -0.375 e. The third-order valence-corrected chi connectivity index (χ3v) is 6.09. The Hall–Kier alpha value is -1.48. The summed E-state index contributed by atoms with van der Waals surface area (Å²) >= 11 is 0. The molecule has 0 aliphatic carbocycles. The largest absolute Gasteiger partial charge is 0.375 e. The molecule has 0 saturated carbocycles. The van der Waals surface area contributed by atoms with Gasteiger partial charge in [0, 0.05) is 38.8 Å². The lowest BCUT2D eigenvalue weighted by Gasteiger charge is -2.38. The fourth-order valence-corrected chi connectivity index (χ4v) is 4.48. The van der Waals surface area contributed by atoms with E-state index < -0.39 is 10.0 Å². The zero-order chi connectivity index (χ0) is 20.0. The summed E-state index contributed by atoms with van der Waals surface area (Å²) in [5.74, 6) is 0.0616. The molecule has 2 aliphatic heterocycles. The van der Waals surface area contributed by atoms with E-state index in [2.05, 4.69) is 21.8 Å². The van der Waals surface area contributed by atoms with Crippen LogP contribution in [-0.2, 0) is 26.1 Å². The molecule has 2 aliphatic rings. The number of hydrogen-bond donors (Lipinski definition) is 1. The molecule has 156 valence electrons. The molecule has 2 atom stereocenters. The van der Waals surface area contributed by atoms with Gasteiger partial charge in [0.05, 0.1) is 25.4 Å². The van der Waals surface area contributed by atoms with Crippen LogP contribution in [0.1, 0.15) is 31.2 Å². The van der Waals surface area contributed by atoms with E-state index in [0.717, 1.165) is 45.2 Å². The number of nitrogens with one attached hydrogen (secondary N) is 1. The number of rotatable bonds is 7. The Morgan fingerprint density at radius 1 is 1.21 bits per heavy atom. The quantitative estimate of drug-likeness (QED) is 0.732. The normalized spacial score (nSPS) is 24.2. The first-order valence-electron chi connectivity index (χ1n) is 10.0. The van der Waals surface area contributed by atoms with Gasteiger partial charge >= 0.3 is 0 Å². The van der Waals surface area contributed by atoms with E-state index in [9.17, 15) is 13.2 Å². The van der Waals surface area contributed by atoms with Gasteiger partial charge in [-0.2, -0.15) is 0 Å². The third kappa shape index (κ3) is 6.55. The van der Waals surface area contributed by atoms with Gasteiger partial charge in [-0.1, -0.05) is 30.3 Å². The van der Waals surface area contributed by atoms with E-state index in [1.165, 1.54) is 5.56 Å². The number of amides is 1. The van der Waals surface area contributed by atoms with Crippen LogP contribution < -0.4 is 4.72 Å². The van der Waals surface area contributed by atoms with Crippen LogP contribution >= 0.6 is 0 Å². The predicted molar refractivity (Wildman–Crippen MR) is 108 cm³/mol. The van der Waals surface area contributed by atoms with E-state index in [-0.39, 0.29) is 24.6 Å². The molecule has 2 fully saturated rings. The lowest BCUT2D eigenvalue weighted by molar-refractivity contribution is -0.139. The summed E-state index contributed by atoms with van der Waals surface area (Å²) in [4.78, 5) is 17.1. The van der Waals surface area contributed by atoms with Gasteiger partial charge in [-0.15, -0.1) is 0 Å². The average Bonchev–Trinajstić information content (AvgIpc) is 2.67. The van der Waals surface area contributed by atoms with Crippen molar-refractivity contribution in [1.82, 2.24) is 14.5 Å². The van der Waals surface area contributed by atoms with E-state index in [4.69, 9.17) is 4.74 Å². The summed E-state index contributed by atoms with van der Waals surface area (Å²) < 4.78 is 31.2. The van der Waals surface area contributed by atoms with Crippen LogP contribution in [0.15, 0.2) is 30.3 Å². The topological polar surface area (TPSA) is 79.0 Å². The fourth-order valence-electron chi connectivity index (χ4n) is 3.99. The van der Waals surface area contributed by atoms with Gasteiger partial charge in [-0.05, 0) is 24.8 Å². The molecule has 8 heteroatoms. The first kappa shape index (κ1) is 21.2. The van der Waals surface area contributed by atoms with Crippen LogP contribution in [0, 0.1) is 0 Å². The number of hydrogen-bond acceptors (Lipinski definition) is 5. The van der Waals surface area contributed by atoms with Crippen LogP contribution in [0.25, 0.3) is 0 Å². The molecule has 0 radical (unpaired) electrons. The predicted octanol–water partition coefficient (Wildman–Crippen LogP) is 1.21. The van der Waals surface area contributed by atoms with Gasteiger partial charge in [-0.25, -0.2) is 13.1 Å². The lowest BCUT2D eigenvalue weighted by atomic mass is 10.0. The third-order valence-electron chi connectivity index (χ3n) is 5.40. The number of sulfonamides is 1. The van der Waals surface area contributed by atoms with E-state index >= 15 is 0 Å². The monoisotopic (exact) mass is 409 g/mol. The molecule has 1 aromatic carbocycles. The maximum absolute atomic E-state index is 12.9. The van der Waals surface area contributed by atoms with Crippen molar-refractivity contribution in [2.75, 3.05) is 39.0 Å². The molecule has 0 bridgehead atoms. The Morgan fingerprint density at radius 2 is 2.00 bits per heavy atom. The van der Waals surface area contributed by atoms with Crippen molar-refractivity contribution in [3.05, 3.63) is 35.9 Å². The van der Waals surface area contributed by atoms with E-state index in [0.29, 0.717) is 19.6 Å². The molecule has 2 heterocycles. The lowest BCUT2D eigenvalue weighted by Crippen LogP contribution is -2.51. The first-order valence-corrected chi connectivity index (χ1v) is 11.9. The summed E-state index contributed by atoms with van der Waals surface area (Å²) in [6.07, 6.45) is 4.20. The highest BCUT2D eigenvalue weighted by Gasteiger charge is 2.30. The number of carbonyl (C=O) groups excluding carboxylic acids is 1. The second-order valence-electron chi connectivity index (χ2n) is 7.78. The molecule has 1 N–H and O–H groups in total. The van der Waals surface area contributed by atoms with Crippen molar-refractivity contribution in [3.63, 3.8) is 0 Å². The van der Waals surface area contributed by atoms with E-state index in [1.807, 2.05) is 23.1 Å². The zero-order valence-corrected chi connectivity index (χ0v) is 17.4. The van der Waals surface area contributed by atoms with Gasteiger partial charge in [0.25, 0.3) is 0 Å². The summed E-state index contributed by atoms with van der Waals surface area (Å²) in [5, 5.41) is 0. The van der Waals surface area contributed by atoms with Gasteiger partial charge in [0.1, 0.15) is 0 Å². The molecule has 0 spiro atoms. The average molecular weight is 410 g/mol. The molecule has 1 aromatic rings. The van der Waals surface area contributed by atoms with Crippen LogP contribution in [0.4, 0.5) is 0 Å². The number of carbonyl (C=O) groups is 1. The Labute approximate surface area is 168 Å². The summed E-state index contributed by atoms with van der Waals surface area (Å²) in [6.45, 7) is 4.07. The van der Waals surface area contributed by atoms with Crippen LogP contribution in [0.3, 0.4) is 0 Å². The molecular formula is C20H31N3O4S. The second-order valence-corrected chi connectivity index (χ2v) is 9.61. The number of likely N-dealkylation sites (tertiary alicyclic amines) is 1. The highest BCUT2D eigenvalue weighted by molar-refractivity contribution is 7.88. The van der Waals surface area contributed by atoms with Gasteiger partial charge in [-0.3, -0.25) is 9.69 Å². The molecular weight excluding hydrogens is 378 g/mol. The maximum Gasteiger partial charge on any atom is 0.225 e. The number of benzene rings is 1. The summed E-state index contributed by atoms with van der Waals surface area (Å²) in [5.41, 5.74) is 1.26. The number of morpholine rings is 1. The maximum atomic E-state index is 12.9. The molecule has 1 amide bonds. The highest BCUT2D eigenvalue weighted by atomic mass is 32.2. The number of piperidine rings is 1. The standard InChI is InChI=1S/C20H31N3O4S/c1-28(25,26)21-14-18-9-5-6-10-23(18)20(24)13-19-16-22(11-12-27-19)15-17-7-3-2-4-8-17/h2-4,7-8,18-19,21H,5-6,9-16H2,1H3. The number of nitrogens with zero attached hydrogens (tertiary/aromatic N) is 2. The van der Waals surface area contributed by atoms with Gasteiger partial charge in [0.2, 0.25) is 15.9 Å².